The molecule has 0 saturated carbocycles. The second kappa shape index (κ2) is 5.81. The number of anilines is 1. The molecule has 0 aliphatic carbocycles. The van der Waals surface area contributed by atoms with E-state index in [4.69, 9.17) is 5.73 Å². The molecule has 0 radical (unpaired) electrons. The Balaban J connectivity index is 2.42. The van der Waals surface area contributed by atoms with Gasteiger partial charge in [0, 0.05) is 19.0 Å². The number of hydrogen-bond acceptors (Lipinski definition) is 5. The van der Waals surface area contributed by atoms with Gasteiger partial charge in [0.2, 0.25) is 0 Å². The first-order chi connectivity index (χ1) is 7.50. The highest BCUT2D eigenvalue weighted by atomic mass is 32.1. The molecule has 1 aromatic heterocycles. The summed E-state index contributed by atoms with van der Waals surface area (Å²) >= 11 is 1.29. The van der Waals surface area contributed by atoms with Gasteiger partial charge in [-0.25, -0.2) is 4.98 Å². The first-order valence-electron chi connectivity index (χ1n) is 5.12. The molecule has 0 fully saturated rings. The first kappa shape index (κ1) is 12.9. The fourth-order valence-electron chi connectivity index (χ4n) is 1.31. The largest absolute Gasteiger partial charge is 0.375 e. The minimum Gasteiger partial charge on any atom is -0.375 e. The molecule has 0 aromatic carbocycles. The molecule has 0 atom stereocenters. The van der Waals surface area contributed by atoms with Crippen LogP contribution in [0, 0.1) is 0 Å². The van der Waals surface area contributed by atoms with Crippen LogP contribution in [0.4, 0.5) is 5.13 Å². The number of thiazole rings is 1. The summed E-state index contributed by atoms with van der Waals surface area (Å²) in [5.41, 5.74) is 5.93. The van der Waals surface area contributed by atoms with E-state index in [2.05, 4.69) is 9.88 Å². The van der Waals surface area contributed by atoms with Gasteiger partial charge in [-0.05, 0) is 27.1 Å². The van der Waals surface area contributed by atoms with Gasteiger partial charge in [0.05, 0.1) is 0 Å². The van der Waals surface area contributed by atoms with Crippen molar-refractivity contribution in [2.24, 2.45) is 0 Å². The fraction of sp³-hybridized carbons (Fsp3) is 0.600. The van der Waals surface area contributed by atoms with Crippen LogP contribution >= 0.6 is 11.3 Å². The number of nitrogens with zero attached hydrogens (tertiary/aromatic N) is 3. The Morgan fingerprint density at radius 1 is 1.44 bits per heavy atom. The SMILES string of the molecule is CN(C)CCCN(C)C(=O)c1csc(N)n1. The molecule has 1 amide bonds. The Hall–Kier alpha value is -1.14. The average molecular weight is 242 g/mol. The average Bonchev–Trinajstić information content (AvgIpc) is 2.63. The Labute approximate surface area is 99.9 Å². The number of nitrogen functional groups attached to an aromatic ring is 1. The van der Waals surface area contributed by atoms with Crippen molar-refractivity contribution in [3.05, 3.63) is 11.1 Å². The molecule has 16 heavy (non-hydrogen) atoms. The molecule has 2 N–H and O–H groups in total. The van der Waals surface area contributed by atoms with Crippen molar-refractivity contribution < 1.29 is 4.79 Å². The molecule has 0 aliphatic rings. The van der Waals surface area contributed by atoms with E-state index in [1.54, 1.807) is 17.3 Å². The lowest BCUT2D eigenvalue weighted by Crippen LogP contribution is -2.30. The lowest BCUT2D eigenvalue weighted by Gasteiger charge is -2.17. The zero-order chi connectivity index (χ0) is 12.1. The van der Waals surface area contributed by atoms with E-state index in [9.17, 15) is 4.79 Å². The highest BCUT2D eigenvalue weighted by Crippen LogP contribution is 2.12. The topological polar surface area (TPSA) is 62.5 Å². The lowest BCUT2D eigenvalue weighted by molar-refractivity contribution is 0.0786. The third-order valence-corrected chi connectivity index (χ3v) is 2.86. The fourth-order valence-corrected chi connectivity index (χ4v) is 1.84. The van der Waals surface area contributed by atoms with Gasteiger partial charge in [-0.15, -0.1) is 11.3 Å². The second-order valence-electron chi connectivity index (χ2n) is 3.95. The molecule has 1 aromatic rings. The van der Waals surface area contributed by atoms with E-state index in [0.717, 1.165) is 19.5 Å². The Morgan fingerprint density at radius 2 is 2.12 bits per heavy atom. The van der Waals surface area contributed by atoms with E-state index in [-0.39, 0.29) is 5.91 Å². The van der Waals surface area contributed by atoms with Gasteiger partial charge in [-0.1, -0.05) is 0 Å². The van der Waals surface area contributed by atoms with Crippen molar-refractivity contribution in [1.82, 2.24) is 14.8 Å². The van der Waals surface area contributed by atoms with E-state index in [1.807, 2.05) is 14.1 Å². The standard InChI is InChI=1S/C10H18N4OS/c1-13(2)5-4-6-14(3)9(15)8-7-16-10(11)12-8/h7H,4-6H2,1-3H3,(H2,11,12). The van der Waals surface area contributed by atoms with Crippen LogP contribution in [0.1, 0.15) is 16.9 Å². The van der Waals surface area contributed by atoms with Crippen LogP contribution < -0.4 is 5.73 Å². The maximum atomic E-state index is 11.8. The number of aromatic nitrogens is 1. The third-order valence-electron chi connectivity index (χ3n) is 2.19. The summed E-state index contributed by atoms with van der Waals surface area (Å²) in [6.07, 6.45) is 0.953. The number of carbonyl (C=O) groups excluding carboxylic acids is 1. The number of amides is 1. The van der Waals surface area contributed by atoms with Crippen LogP contribution in [-0.2, 0) is 0 Å². The van der Waals surface area contributed by atoms with Crippen LogP contribution in [0.5, 0.6) is 0 Å². The minimum absolute atomic E-state index is 0.0632. The summed E-state index contributed by atoms with van der Waals surface area (Å²) in [5.74, 6) is -0.0632. The molecule has 0 saturated heterocycles. The van der Waals surface area contributed by atoms with Crippen molar-refractivity contribution in [3.8, 4) is 0 Å². The van der Waals surface area contributed by atoms with Gasteiger partial charge in [-0.2, -0.15) is 0 Å². The Kier molecular flexibility index (Phi) is 4.70. The molecule has 1 heterocycles. The van der Waals surface area contributed by atoms with Gasteiger partial charge in [-0.3, -0.25) is 4.79 Å². The maximum Gasteiger partial charge on any atom is 0.273 e. The Morgan fingerprint density at radius 3 is 2.62 bits per heavy atom. The number of nitrogens with two attached hydrogens (primary N) is 1. The first-order valence-corrected chi connectivity index (χ1v) is 6.00. The predicted octanol–water partition coefficient (Wildman–Crippen LogP) is 0.749. The normalized spacial score (nSPS) is 10.8. The Bertz CT molecular complexity index is 350. The smallest absolute Gasteiger partial charge is 0.273 e. The molecule has 0 spiro atoms. The molecule has 0 unspecified atom stereocenters. The molecule has 1 rings (SSSR count). The number of hydrogen-bond donors (Lipinski definition) is 1. The highest BCUT2D eigenvalue weighted by molar-refractivity contribution is 7.13. The van der Waals surface area contributed by atoms with Gasteiger partial charge in [0.25, 0.3) is 5.91 Å². The lowest BCUT2D eigenvalue weighted by atomic mass is 10.3. The molecule has 5 nitrogen and oxygen atoms in total. The number of rotatable bonds is 5. The zero-order valence-electron chi connectivity index (χ0n) is 9.93. The van der Waals surface area contributed by atoms with Crippen molar-refractivity contribution >= 4 is 22.4 Å². The third kappa shape index (κ3) is 3.79. The van der Waals surface area contributed by atoms with E-state index in [0.29, 0.717) is 10.8 Å². The van der Waals surface area contributed by atoms with Crippen LogP contribution in [0.2, 0.25) is 0 Å². The van der Waals surface area contributed by atoms with E-state index < -0.39 is 0 Å². The maximum absolute atomic E-state index is 11.8. The number of carbonyl (C=O) groups is 1. The predicted molar refractivity (Wildman–Crippen MR) is 66.7 cm³/mol. The highest BCUT2D eigenvalue weighted by Gasteiger charge is 2.14. The molecular formula is C10H18N4OS. The van der Waals surface area contributed by atoms with Crippen LogP contribution in [0.15, 0.2) is 5.38 Å². The van der Waals surface area contributed by atoms with Gasteiger partial charge in [0.1, 0.15) is 5.69 Å². The molecule has 90 valence electrons. The molecule has 0 aliphatic heterocycles. The summed E-state index contributed by atoms with van der Waals surface area (Å²) in [4.78, 5) is 19.6. The molecule has 6 heteroatoms. The summed E-state index contributed by atoms with van der Waals surface area (Å²) in [5, 5.41) is 2.13. The quantitative estimate of drug-likeness (QED) is 0.827. The van der Waals surface area contributed by atoms with Crippen molar-refractivity contribution in [2.75, 3.05) is 40.0 Å². The van der Waals surface area contributed by atoms with Crippen molar-refractivity contribution in [2.45, 2.75) is 6.42 Å². The van der Waals surface area contributed by atoms with Crippen molar-refractivity contribution in [1.29, 1.82) is 0 Å². The monoisotopic (exact) mass is 242 g/mol. The van der Waals surface area contributed by atoms with Gasteiger partial charge < -0.3 is 15.5 Å². The van der Waals surface area contributed by atoms with E-state index in [1.165, 1.54) is 11.3 Å². The van der Waals surface area contributed by atoms with Crippen molar-refractivity contribution in [3.63, 3.8) is 0 Å². The second-order valence-corrected chi connectivity index (χ2v) is 4.84. The zero-order valence-corrected chi connectivity index (χ0v) is 10.8. The van der Waals surface area contributed by atoms with Gasteiger partial charge in [0.15, 0.2) is 5.13 Å². The summed E-state index contributed by atoms with van der Waals surface area (Å²) in [7, 11) is 5.82. The molecule has 0 bridgehead atoms. The van der Waals surface area contributed by atoms with Crippen LogP contribution in [0.25, 0.3) is 0 Å². The summed E-state index contributed by atoms with van der Waals surface area (Å²) < 4.78 is 0. The van der Waals surface area contributed by atoms with Gasteiger partial charge >= 0.3 is 0 Å². The van der Waals surface area contributed by atoms with Crippen LogP contribution in [-0.4, -0.2) is 54.9 Å². The van der Waals surface area contributed by atoms with E-state index >= 15 is 0 Å². The molecular weight excluding hydrogens is 224 g/mol. The summed E-state index contributed by atoms with van der Waals surface area (Å²) in [6, 6.07) is 0. The van der Waals surface area contributed by atoms with Crippen LogP contribution in [0.3, 0.4) is 0 Å². The summed E-state index contributed by atoms with van der Waals surface area (Å²) in [6.45, 7) is 1.70. The minimum atomic E-state index is -0.0632.